The zero-order valence-corrected chi connectivity index (χ0v) is 23.4. The first-order chi connectivity index (χ1) is 18.0. The zero-order chi connectivity index (χ0) is 27.2. The minimum atomic E-state index is -3.96. The lowest BCUT2D eigenvalue weighted by Crippen LogP contribution is -2.34. The molecule has 1 aromatic heterocycles. The SMILES string of the molecule is CC(C)c1cc(N2C(c3ccc(Cl)c(S(N)(=O)=O)c3)C=CN2C)cc2cnc(NC3CCC(N)CC3)nc12. The van der Waals surface area contributed by atoms with Crippen molar-refractivity contribution in [3.63, 3.8) is 0 Å². The minimum absolute atomic E-state index is 0.0886. The fraction of sp³-hybridized carbons (Fsp3) is 0.407. The number of sulfonamides is 1. The van der Waals surface area contributed by atoms with E-state index in [2.05, 4.69) is 41.3 Å². The van der Waals surface area contributed by atoms with Gasteiger partial charge in [-0.05, 0) is 73.1 Å². The van der Waals surface area contributed by atoms with Gasteiger partial charge in [0.2, 0.25) is 16.0 Å². The molecule has 2 aromatic carbocycles. The number of hydrogen-bond donors (Lipinski definition) is 3. The summed E-state index contributed by atoms with van der Waals surface area (Å²) in [6, 6.07) is 9.52. The fourth-order valence-corrected chi connectivity index (χ4v) is 6.40. The molecule has 0 saturated heterocycles. The van der Waals surface area contributed by atoms with Crippen LogP contribution in [0.5, 0.6) is 0 Å². The molecule has 1 saturated carbocycles. The monoisotopic (exact) mass is 555 g/mol. The van der Waals surface area contributed by atoms with E-state index < -0.39 is 10.0 Å². The van der Waals surface area contributed by atoms with E-state index in [4.69, 9.17) is 27.5 Å². The number of fused-ring (bicyclic) bond motifs is 1. The van der Waals surface area contributed by atoms with Crippen LogP contribution in [0.3, 0.4) is 0 Å². The van der Waals surface area contributed by atoms with E-state index >= 15 is 0 Å². The van der Waals surface area contributed by atoms with Gasteiger partial charge in [-0.25, -0.2) is 23.5 Å². The van der Waals surface area contributed by atoms with Crippen LogP contribution < -0.4 is 21.2 Å². The van der Waals surface area contributed by atoms with Gasteiger partial charge in [-0.1, -0.05) is 31.5 Å². The van der Waals surface area contributed by atoms with Gasteiger partial charge in [-0.15, -0.1) is 0 Å². The van der Waals surface area contributed by atoms with E-state index in [1.807, 2.05) is 36.6 Å². The second-order valence-corrected chi connectivity index (χ2v) is 12.5. The number of benzene rings is 2. The Balaban J connectivity index is 1.51. The summed E-state index contributed by atoms with van der Waals surface area (Å²) in [7, 11) is -2.01. The summed E-state index contributed by atoms with van der Waals surface area (Å²) in [4.78, 5) is 9.47. The summed E-state index contributed by atoms with van der Waals surface area (Å²) in [6.45, 7) is 4.30. The molecule has 0 spiro atoms. The standard InChI is InChI=1S/C27H34ClN7O2S/c1-16(2)22-14-21(12-18-15-31-27(33-26(18)22)32-20-7-5-19(29)6-8-20)35-24(10-11-34(35)3)17-4-9-23(28)25(13-17)38(30,36)37/h4,9-16,19-20,24H,5-8,29H2,1-3H3,(H2,30,36,37)(H,31,32,33). The van der Waals surface area contributed by atoms with Gasteiger partial charge in [-0.2, -0.15) is 0 Å². The van der Waals surface area contributed by atoms with Crippen molar-refractivity contribution in [2.45, 2.75) is 68.5 Å². The molecule has 3 aromatic rings. The van der Waals surface area contributed by atoms with Gasteiger partial charge in [-0.3, -0.25) is 10.0 Å². The third kappa shape index (κ3) is 5.31. The maximum atomic E-state index is 12.1. The minimum Gasteiger partial charge on any atom is -0.351 e. The molecule has 5 rings (SSSR count). The Morgan fingerprint density at radius 1 is 1.13 bits per heavy atom. The summed E-state index contributed by atoms with van der Waals surface area (Å²) in [5.74, 6) is 0.860. The van der Waals surface area contributed by atoms with Crippen molar-refractivity contribution in [3.05, 3.63) is 65.0 Å². The van der Waals surface area contributed by atoms with E-state index in [1.165, 1.54) is 0 Å². The molecule has 1 atom stereocenters. The molecule has 9 nitrogen and oxygen atoms in total. The van der Waals surface area contributed by atoms with E-state index in [0.29, 0.717) is 12.0 Å². The lowest BCUT2D eigenvalue weighted by atomic mass is 9.92. The van der Waals surface area contributed by atoms with Crippen LogP contribution in [0.4, 0.5) is 11.6 Å². The van der Waals surface area contributed by atoms with Crippen molar-refractivity contribution in [3.8, 4) is 0 Å². The first-order valence-electron chi connectivity index (χ1n) is 12.9. The van der Waals surface area contributed by atoms with Crippen LogP contribution in [0.25, 0.3) is 10.9 Å². The summed E-state index contributed by atoms with van der Waals surface area (Å²) in [5.41, 5.74) is 9.79. The highest BCUT2D eigenvalue weighted by atomic mass is 35.5. The molecule has 5 N–H and O–H groups in total. The zero-order valence-electron chi connectivity index (χ0n) is 21.8. The molecule has 0 radical (unpaired) electrons. The summed E-state index contributed by atoms with van der Waals surface area (Å²) in [6.07, 6.45) is 9.89. The van der Waals surface area contributed by atoms with Crippen molar-refractivity contribution >= 4 is 44.2 Å². The molecule has 11 heteroatoms. The summed E-state index contributed by atoms with van der Waals surface area (Å²) < 4.78 is 24.2. The van der Waals surface area contributed by atoms with Crippen LogP contribution in [0.2, 0.25) is 5.02 Å². The predicted molar refractivity (Wildman–Crippen MR) is 152 cm³/mol. The molecular formula is C27H34ClN7O2S. The summed E-state index contributed by atoms with van der Waals surface area (Å²) >= 11 is 6.15. The molecule has 0 amide bonds. The van der Waals surface area contributed by atoms with Gasteiger partial charge >= 0.3 is 0 Å². The van der Waals surface area contributed by atoms with Crippen molar-refractivity contribution in [2.75, 3.05) is 17.4 Å². The largest absolute Gasteiger partial charge is 0.351 e. The lowest BCUT2D eigenvalue weighted by molar-refractivity contribution is 0.410. The second kappa shape index (κ2) is 10.3. The summed E-state index contributed by atoms with van der Waals surface area (Å²) in [5, 5.41) is 14.0. The van der Waals surface area contributed by atoms with E-state index in [1.54, 1.807) is 12.1 Å². The predicted octanol–water partition coefficient (Wildman–Crippen LogP) is 4.66. The molecule has 0 bridgehead atoms. The van der Waals surface area contributed by atoms with E-state index in [-0.39, 0.29) is 27.9 Å². The molecule has 2 aliphatic rings. The van der Waals surface area contributed by atoms with Crippen molar-refractivity contribution < 1.29 is 8.42 Å². The lowest BCUT2D eigenvalue weighted by Gasteiger charge is -2.34. The number of hydrazine groups is 1. The van der Waals surface area contributed by atoms with Gasteiger partial charge in [0.15, 0.2) is 0 Å². The molecule has 2 heterocycles. The molecule has 1 unspecified atom stereocenters. The average Bonchev–Trinajstić information content (AvgIpc) is 3.25. The smallest absolute Gasteiger partial charge is 0.239 e. The third-order valence-corrected chi connectivity index (χ3v) is 8.77. The number of halogens is 1. The second-order valence-electron chi connectivity index (χ2n) is 10.5. The fourth-order valence-electron chi connectivity index (χ4n) is 5.32. The maximum absolute atomic E-state index is 12.1. The number of hydrogen-bond acceptors (Lipinski definition) is 8. The van der Waals surface area contributed by atoms with Gasteiger partial charge in [0.1, 0.15) is 4.90 Å². The quantitative estimate of drug-likeness (QED) is 0.400. The number of nitrogens with one attached hydrogen (secondary N) is 1. The van der Waals surface area contributed by atoms with Gasteiger partial charge in [0, 0.05) is 36.9 Å². The number of aromatic nitrogens is 2. The van der Waals surface area contributed by atoms with Crippen LogP contribution in [-0.4, -0.2) is 42.5 Å². The number of anilines is 2. The Bertz CT molecular complexity index is 1490. The Morgan fingerprint density at radius 3 is 2.55 bits per heavy atom. The third-order valence-electron chi connectivity index (χ3n) is 7.38. The molecule has 1 aliphatic heterocycles. The number of nitrogens with zero attached hydrogens (tertiary/aromatic N) is 4. The Morgan fingerprint density at radius 2 is 1.87 bits per heavy atom. The van der Waals surface area contributed by atoms with E-state index in [0.717, 1.165) is 53.4 Å². The van der Waals surface area contributed by atoms with Crippen LogP contribution in [0, 0.1) is 0 Å². The van der Waals surface area contributed by atoms with Crippen LogP contribution in [0.1, 0.15) is 62.6 Å². The van der Waals surface area contributed by atoms with Crippen LogP contribution in [0.15, 0.2) is 53.7 Å². The van der Waals surface area contributed by atoms with Crippen molar-refractivity contribution in [2.24, 2.45) is 10.9 Å². The Hall–Kier alpha value is -2.92. The maximum Gasteiger partial charge on any atom is 0.239 e. The normalized spacial score (nSPS) is 22.0. The molecule has 1 aliphatic carbocycles. The molecule has 1 fully saturated rings. The van der Waals surface area contributed by atoms with Gasteiger partial charge < -0.3 is 11.1 Å². The first kappa shape index (κ1) is 26.7. The Labute approximate surface area is 228 Å². The van der Waals surface area contributed by atoms with Gasteiger partial charge in [0.05, 0.1) is 22.3 Å². The average molecular weight is 556 g/mol. The Kier molecular flexibility index (Phi) is 7.25. The van der Waals surface area contributed by atoms with E-state index in [9.17, 15) is 8.42 Å². The topological polar surface area (TPSA) is 130 Å². The number of rotatable bonds is 6. The van der Waals surface area contributed by atoms with Crippen molar-refractivity contribution in [1.29, 1.82) is 0 Å². The highest BCUT2D eigenvalue weighted by molar-refractivity contribution is 7.89. The number of primary sulfonamides is 1. The van der Waals surface area contributed by atoms with Crippen LogP contribution in [-0.2, 0) is 10.0 Å². The molecule has 202 valence electrons. The number of nitrogens with two attached hydrogens (primary N) is 2. The highest BCUT2D eigenvalue weighted by Crippen LogP contribution is 2.39. The molecular weight excluding hydrogens is 522 g/mol. The molecule has 38 heavy (non-hydrogen) atoms. The van der Waals surface area contributed by atoms with Crippen molar-refractivity contribution in [1.82, 2.24) is 15.0 Å². The first-order valence-corrected chi connectivity index (χ1v) is 14.8. The van der Waals surface area contributed by atoms with Crippen LogP contribution >= 0.6 is 11.6 Å². The van der Waals surface area contributed by atoms with Gasteiger partial charge in [0.25, 0.3) is 0 Å². The highest BCUT2D eigenvalue weighted by Gasteiger charge is 2.29.